The molecule has 2 aromatic heterocycles. The van der Waals surface area contributed by atoms with Crippen molar-refractivity contribution in [1.82, 2.24) is 15.0 Å². The lowest BCUT2D eigenvalue weighted by molar-refractivity contribution is 0.630. The maximum absolute atomic E-state index is 13.3. The summed E-state index contributed by atoms with van der Waals surface area (Å²) in [6, 6.07) is 0. The molecule has 0 aliphatic rings. The summed E-state index contributed by atoms with van der Waals surface area (Å²) >= 11 is 11.0. The van der Waals surface area contributed by atoms with Gasteiger partial charge in [0.2, 0.25) is 0 Å². The Labute approximate surface area is 86.7 Å². The van der Waals surface area contributed by atoms with Crippen molar-refractivity contribution in [2.24, 2.45) is 0 Å². The first-order chi connectivity index (χ1) is 6.59. The van der Waals surface area contributed by atoms with Crippen molar-refractivity contribution in [2.75, 3.05) is 0 Å². The second-order valence-corrected chi connectivity index (χ2v) is 3.20. The first-order valence-electron chi connectivity index (χ1n) is 3.49. The predicted molar refractivity (Wildman–Crippen MR) is 50.1 cm³/mol. The summed E-state index contributed by atoms with van der Waals surface area (Å²) in [6.07, 6.45) is 1.24. The zero-order valence-electron chi connectivity index (χ0n) is 6.51. The minimum absolute atomic E-state index is 0.0880. The average molecular weight is 234 g/mol. The second kappa shape index (κ2) is 3.18. The molecular formula is C7H2Cl2FN3O. The summed E-state index contributed by atoms with van der Waals surface area (Å²) in [6.45, 7) is 0. The first kappa shape index (κ1) is 9.36. The van der Waals surface area contributed by atoms with Crippen molar-refractivity contribution in [2.45, 2.75) is 0 Å². The van der Waals surface area contributed by atoms with Crippen LogP contribution in [0, 0.1) is 5.82 Å². The summed E-state index contributed by atoms with van der Waals surface area (Å²) in [7, 11) is 0. The van der Waals surface area contributed by atoms with Crippen LogP contribution in [0.1, 0.15) is 0 Å². The molecule has 0 amide bonds. The van der Waals surface area contributed by atoms with Crippen molar-refractivity contribution in [3.8, 4) is 0 Å². The van der Waals surface area contributed by atoms with Gasteiger partial charge in [0, 0.05) is 6.20 Å². The number of fused-ring (bicyclic) bond motifs is 1. The van der Waals surface area contributed by atoms with Crippen LogP contribution in [-0.2, 0) is 0 Å². The highest BCUT2D eigenvalue weighted by Crippen LogP contribution is 2.22. The molecule has 2 heterocycles. The Balaban J connectivity index is 3.02. The Hall–Kier alpha value is -1.20. The van der Waals surface area contributed by atoms with Crippen molar-refractivity contribution in [1.29, 1.82) is 0 Å². The van der Waals surface area contributed by atoms with Gasteiger partial charge in [-0.2, -0.15) is 4.98 Å². The van der Waals surface area contributed by atoms with E-state index in [1.165, 1.54) is 6.20 Å². The number of nitrogens with zero attached hydrogens (tertiary/aromatic N) is 2. The minimum atomic E-state index is -0.814. The molecule has 14 heavy (non-hydrogen) atoms. The van der Waals surface area contributed by atoms with Gasteiger partial charge in [0.1, 0.15) is 5.15 Å². The first-order valence-corrected chi connectivity index (χ1v) is 4.24. The Bertz CT molecular complexity index is 569. The molecule has 2 aromatic rings. The lowest BCUT2D eigenvalue weighted by Gasteiger charge is -2.00. The number of nitrogens with one attached hydrogen (secondary N) is 1. The zero-order valence-corrected chi connectivity index (χ0v) is 8.03. The van der Waals surface area contributed by atoms with Crippen LogP contribution in [0.2, 0.25) is 10.3 Å². The highest BCUT2D eigenvalue weighted by molar-refractivity contribution is 6.34. The molecule has 0 aliphatic heterocycles. The van der Waals surface area contributed by atoms with E-state index in [-0.39, 0.29) is 21.2 Å². The Kier molecular flexibility index (Phi) is 2.13. The molecular weight excluding hydrogens is 232 g/mol. The Morgan fingerprint density at radius 3 is 2.79 bits per heavy atom. The van der Waals surface area contributed by atoms with E-state index in [2.05, 4.69) is 15.0 Å². The van der Waals surface area contributed by atoms with Crippen molar-refractivity contribution in [3.05, 3.63) is 32.8 Å². The molecule has 0 unspecified atom stereocenters. The number of hydrogen-bond acceptors (Lipinski definition) is 3. The third-order valence-electron chi connectivity index (χ3n) is 1.63. The molecule has 0 bridgehead atoms. The molecule has 0 aromatic carbocycles. The monoisotopic (exact) mass is 233 g/mol. The van der Waals surface area contributed by atoms with Gasteiger partial charge >= 0.3 is 5.69 Å². The molecule has 0 saturated carbocycles. The van der Waals surface area contributed by atoms with E-state index < -0.39 is 11.5 Å². The van der Waals surface area contributed by atoms with E-state index in [9.17, 15) is 9.18 Å². The predicted octanol–water partition coefficient (Wildman–Crippen LogP) is 1.76. The van der Waals surface area contributed by atoms with Gasteiger partial charge in [0.25, 0.3) is 0 Å². The van der Waals surface area contributed by atoms with Gasteiger partial charge in [-0.25, -0.2) is 14.2 Å². The van der Waals surface area contributed by atoms with Crippen LogP contribution in [0.3, 0.4) is 0 Å². The highest BCUT2D eigenvalue weighted by Gasteiger charge is 2.11. The van der Waals surface area contributed by atoms with E-state index in [0.717, 1.165) is 0 Å². The van der Waals surface area contributed by atoms with Gasteiger partial charge in [0.05, 0.1) is 10.9 Å². The van der Waals surface area contributed by atoms with Crippen molar-refractivity contribution >= 4 is 34.1 Å². The smallest absolute Gasteiger partial charge is 0.303 e. The summed E-state index contributed by atoms with van der Waals surface area (Å²) < 4.78 is 13.3. The largest absolute Gasteiger partial charge is 0.346 e. The average Bonchev–Trinajstić information content (AvgIpc) is 2.12. The van der Waals surface area contributed by atoms with E-state index in [1.54, 1.807) is 0 Å². The molecule has 1 N–H and O–H groups in total. The third-order valence-corrected chi connectivity index (χ3v) is 2.18. The van der Waals surface area contributed by atoms with E-state index in [0.29, 0.717) is 0 Å². The molecule has 0 fully saturated rings. The fourth-order valence-corrected chi connectivity index (χ4v) is 1.39. The van der Waals surface area contributed by atoms with Crippen LogP contribution in [0.5, 0.6) is 0 Å². The number of hydrogen-bond donors (Lipinski definition) is 1. The van der Waals surface area contributed by atoms with E-state index >= 15 is 0 Å². The Morgan fingerprint density at radius 1 is 1.36 bits per heavy atom. The van der Waals surface area contributed by atoms with Gasteiger partial charge in [-0.1, -0.05) is 23.2 Å². The molecule has 2 rings (SSSR count). The maximum Gasteiger partial charge on any atom is 0.346 e. The molecule has 0 spiro atoms. The summed E-state index contributed by atoms with van der Waals surface area (Å²) in [5.41, 5.74) is -0.821. The normalized spacial score (nSPS) is 10.8. The van der Waals surface area contributed by atoms with Crippen LogP contribution >= 0.6 is 23.2 Å². The standard InChI is InChI=1S/C7H2Cl2FN3O/c8-5-2-1-11-6(9)3(10)4(2)12-7(14)13-5/h1H,(H,12,13,14). The van der Waals surface area contributed by atoms with E-state index in [1.807, 2.05) is 0 Å². The molecule has 0 saturated heterocycles. The zero-order chi connectivity index (χ0) is 10.3. The van der Waals surface area contributed by atoms with Gasteiger partial charge < -0.3 is 4.98 Å². The fraction of sp³-hybridized carbons (Fsp3) is 0. The molecule has 0 atom stereocenters. The lowest BCUT2D eigenvalue weighted by Crippen LogP contribution is -2.11. The maximum atomic E-state index is 13.3. The SMILES string of the molecule is O=c1nc(Cl)c2cnc(Cl)c(F)c2[nH]1. The van der Waals surface area contributed by atoms with Crippen LogP contribution in [0.15, 0.2) is 11.0 Å². The molecule has 7 heteroatoms. The van der Waals surface area contributed by atoms with Gasteiger partial charge in [-0.3, -0.25) is 0 Å². The van der Waals surface area contributed by atoms with Crippen LogP contribution in [-0.4, -0.2) is 15.0 Å². The summed E-state index contributed by atoms with van der Waals surface area (Å²) in [5, 5.41) is -0.213. The quantitative estimate of drug-likeness (QED) is 0.558. The van der Waals surface area contributed by atoms with Crippen molar-refractivity contribution < 1.29 is 4.39 Å². The molecule has 0 radical (unpaired) electrons. The summed E-state index contributed by atoms with van der Waals surface area (Å²) in [5.74, 6) is -0.814. The number of aromatic nitrogens is 3. The molecule has 72 valence electrons. The number of pyridine rings is 1. The number of rotatable bonds is 0. The van der Waals surface area contributed by atoms with Crippen LogP contribution in [0.25, 0.3) is 10.9 Å². The highest BCUT2D eigenvalue weighted by atomic mass is 35.5. The number of halogens is 3. The van der Waals surface area contributed by atoms with Gasteiger partial charge in [0.15, 0.2) is 11.0 Å². The fourth-order valence-electron chi connectivity index (χ4n) is 1.03. The molecule has 4 nitrogen and oxygen atoms in total. The Morgan fingerprint density at radius 2 is 2.07 bits per heavy atom. The number of H-pyrrole nitrogens is 1. The lowest BCUT2D eigenvalue weighted by atomic mass is 10.3. The number of aromatic amines is 1. The third kappa shape index (κ3) is 1.34. The van der Waals surface area contributed by atoms with Crippen LogP contribution in [0.4, 0.5) is 4.39 Å². The minimum Gasteiger partial charge on any atom is -0.303 e. The van der Waals surface area contributed by atoms with Crippen LogP contribution < -0.4 is 5.69 Å². The molecule has 0 aliphatic carbocycles. The summed E-state index contributed by atoms with van der Waals surface area (Å²) in [4.78, 5) is 20.0. The second-order valence-electron chi connectivity index (χ2n) is 2.48. The van der Waals surface area contributed by atoms with Gasteiger partial charge in [-0.15, -0.1) is 0 Å². The van der Waals surface area contributed by atoms with E-state index in [4.69, 9.17) is 23.2 Å². The van der Waals surface area contributed by atoms with Crippen molar-refractivity contribution in [3.63, 3.8) is 0 Å². The van der Waals surface area contributed by atoms with Gasteiger partial charge in [-0.05, 0) is 0 Å². The topological polar surface area (TPSA) is 58.6 Å².